The van der Waals surface area contributed by atoms with E-state index in [0.29, 0.717) is 0 Å². The summed E-state index contributed by atoms with van der Waals surface area (Å²) in [4.78, 5) is 24.1. The average molecular weight is 342 g/mol. The third-order valence-electron chi connectivity index (χ3n) is 3.52. The molecule has 0 aliphatic rings. The topological polar surface area (TPSA) is 58.2 Å². The minimum absolute atomic E-state index is 0.100. The molecule has 0 aromatic heterocycles. The molecule has 0 fully saturated rings. The van der Waals surface area contributed by atoms with Gasteiger partial charge in [0.05, 0.1) is 11.0 Å². The van der Waals surface area contributed by atoms with Crippen LogP contribution in [-0.2, 0) is 16.0 Å². The molecule has 0 radical (unpaired) electrons. The molecule has 0 heterocycles. The zero-order valence-corrected chi connectivity index (χ0v) is 14.7. The van der Waals surface area contributed by atoms with Crippen molar-refractivity contribution in [2.24, 2.45) is 0 Å². The maximum Gasteiger partial charge on any atom is 0.237 e. The highest BCUT2D eigenvalue weighted by molar-refractivity contribution is 8.01. The normalized spacial score (nSPS) is 11.6. The summed E-state index contributed by atoms with van der Waals surface area (Å²) in [5.74, 6) is 0.0213. The number of hydrogen-bond donors (Lipinski definition) is 2. The molecule has 2 aromatic carbocycles. The van der Waals surface area contributed by atoms with E-state index in [-0.39, 0.29) is 22.8 Å². The molecule has 2 aromatic rings. The van der Waals surface area contributed by atoms with Crippen molar-refractivity contribution in [2.75, 3.05) is 16.4 Å². The van der Waals surface area contributed by atoms with Crippen molar-refractivity contribution in [3.05, 3.63) is 60.2 Å². The third kappa shape index (κ3) is 5.74. The Balaban J connectivity index is 1.77. The Morgan fingerprint density at radius 1 is 0.958 bits per heavy atom. The Morgan fingerprint density at radius 3 is 2.21 bits per heavy atom. The van der Waals surface area contributed by atoms with E-state index in [4.69, 9.17) is 0 Å². The number of carbonyl (C=O) groups is 2. The molecular formula is C19H22N2O2S. The number of rotatable bonds is 7. The zero-order chi connectivity index (χ0) is 17.4. The predicted octanol–water partition coefficient (Wildman–Crippen LogP) is 3.95. The maximum absolute atomic E-state index is 12.2. The molecule has 0 aliphatic heterocycles. The molecule has 4 nitrogen and oxygen atoms in total. The summed E-state index contributed by atoms with van der Waals surface area (Å²) in [6.45, 7) is 3.89. The van der Waals surface area contributed by atoms with Crippen LogP contribution in [0.15, 0.2) is 54.6 Å². The molecule has 1 unspecified atom stereocenters. The number of amides is 2. The van der Waals surface area contributed by atoms with E-state index in [0.717, 1.165) is 17.8 Å². The highest BCUT2D eigenvalue weighted by atomic mass is 32.2. The number of hydrogen-bond acceptors (Lipinski definition) is 3. The Morgan fingerprint density at radius 2 is 1.58 bits per heavy atom. The largest absolute Gasteiger partial charge is 0.325 e. The molecule has 0 saturated carbocycles. The number of aryl methyl sites for hydroxylation is 1. The van der Waals surface area contributed by atoms with Gasteiger partial charge in [-0.1, -0.05) is 37.3 Å². The highest BCUT2D eigenvalue weighted by Gasteiger charge is 2.15. The number of para-hydroxylation sites is 1. The van der Waals surface area contributed by atoms with Crippen molar-refractivity contribution in [1.29, 1.82) is 0 Å². The summed E-state index contributed by atoms with van der Waals surface area (Å²) >= 11 is 1.31. The lowest BCUT2D eigenvalue weighted by Gasteiger charge is -2.12. The Labute approximate surface area is 147 Å². The van der Waals surface area contributed by atoms with Gasteiger partial charge in [0, 0.05) is 11.4 Å². The fraction of sp³-hybridized carbons (Fsp3) is 0.263. The first-order valence-corrected chi connectivity index (χ1v) is 8.99. The van der Waals surface area contributed by atoms with Crippen LogP contribution >= 0.6 is 11.8 Å². The molecule has 5 heteroatoms. The molecule has 126 valence electrons. The van der Waals surface area contributed by atoms with E-state index in [9.17, 15) is 9.59 Å². The van der Waals surface area contributed by atoms with Crippen LogP contribution in [-0.4, -0.2) is 22.8 Å². The number of anilines is 2. The van der Waals surface area contributed by atoms with Gasteiger partial charge in [0.1, 0.15) is 0 Å². The van der Waals surface area contributed by atoms with Crippen LogP contribution in [0.5, 0.6) is 0 Å². The van der Waals surface area contributed by atoms with Crippen molar-refractivity contribution in [3.8, 4) is 0 Å². The lowest BCUT2D eigenvalue weighted by atomic mass is 10.1. The molecular weight excluding hydrogens is 320 g/mol. The van der Waals surface area contributed by atoms with Crippen LogP contribution in [0, 0.1) is 0 Å². The monoisotopic (exact) mass is 342 g/mol. The third-order valence-corrected chi connectivity index (χ3v) is 4.66. The predicted molar refractivity (Wildman–Crippen MR) is 101 cm³/mol. The van der Waals surface area contributed by atoms with Crippen LogP contribution in [0.4, 0.5) is 11.4 Å². The van der Waals surface area contributed by atoms with Gasteiger partial charge < -0.3 is 10.6 Å². The van der Waals surface area contributed by atoms with Gasteiger partial charge in [-0.15, -0.1) is 11.8 Å². The summed E-state index contributed by atoms with van der Waals surface area (Å²) in [6, 6.07) is 17.1. The van der Waals surface area contributed by atoms with Crippen LogP contribution in [0.25, 0.3) is 0 Å². The van der Waals surface area contributed by atoms with Crippen LogP contribution in [0.3, 0.4) is 0 Å². The second kappa shape index (κ2) is 9.13. The van der Waals surface area contributed by atoms with Gasteiger partial charge in [0.2, 0.25) is 11.8 Å². The van der Waals surface area contributed by atoms with Crippen LogP contribution < -0.4 is 10.6 Å². The Kier molecular flexibility index (Phi) is 6.88. The summed E-state index contributed by atoms with van der Waals surface area (Å²) in [7, 11) is 0. The van der Waals surface area contributed by atoms with Gasteiger partial charge in [-0.2, -0.15) is 0 Å². The molecule has 2 rings (SSSR count). The number of benzene rings is 2. The SMILES string of the molecule is CCc1ccc(NC(=O)C(C)SCC(=O)Nc2ccccc2)cc1. The van der Waals surface area contributed by atoms with E-state index < -0.39 is 0 Å². The van der Waals surface area contributed by atoms with Gasteiger partial charge >= 0.3 is 0 Å². The standard InChI is InChI=1S/C19H22N2O2S/c1-3-15-9-11-17(12-10-15)21-19(23)14(2)24-13-18(22)20-16-7-5-4-6-8-16/h4-12,14H,3,13H2,1-2H3,(H,20,22)(H,21,23). The summed E-state index contributed by atoms with van der Waals surface area (Å²) in [6.07, 6.45) is 0.969. The number of thioether (sulfide) groups is 1. The average Bonchev–Trinajstić information content (AvgIpc) is 2.61. The maximum atomic E-state index is 12.2. The zero-order valence-electron chi connectivity index (χ0n) is 13.9. The first-order valence-electron chi connectivity index (χ1n) is 7.94. The van der Waals surface area contributed by atoms with Gasteiger partial charge in [-0.3, -0.25) is 9.59 Å². The Bertz CT molecular complexity index is 672. The van der Waals surface area contributed by atoms with Gasteiger partial charge in [0.25, 0.3) is 0 Å². The van der Waals surface area contributed by atoms with Crippen molar-refractivity contribution < 1.29 is 9.59 Å². The minimum Gasteiger partial charge on any atom is -0.325 e. The van der Waals surface area contributed by atoms with E-state index in [1.807, 2.05) is 54.6 Å². The van der Waals surface area contributed by atoms with Crippen molar-refractivity contribution >= 4 is 35.0 Å². The van der Waals surface area contributed by atoms with Crippen molar-refractivity contribution in [1.82, 2.24) is 0 Å². The number of carbonyl (C=O) groups excluding carboxylic acids is 2. The highest BCUT2D eigenvalue weighted by Crippen LogP contribution is 2.16. The second-order valence-corrected chi connectivity index (χ2v) is 6.74. The van der Waals surface area contributed by atoms with Crippen molar-refractivity contribution in [2.45, 2.75) is 25.5 Å². The lowest BCUT2D eigenvalue weighted by Crippen LogP contribution is -2.25. The first-order chi connectivity index (χ1) is 11.6. The summed E-state index contributed by atoms with van der Waals surface area (Å²) in [5.41, 5.74) is 2.77. The molecule has 0 saturated heterocycles. The van der Waals surface area contributed by atoms with Gasteiger partial charge in [-0.05, 0) is 43.2 Å². The molecule has 2 N–H and O–H groups in total. The Hall–Kier alpha value is -2.27. The van der Waals surface area contributed by atoms with E-state index in [2.05, 4.69) is 17.6 Å². The second-order valence-electron chi connectivity index (χ2n) is 5.41. The molecule has 24 heavy (non-hydrogen) atoms. The van der Waals surface area contributed by atoms with E-state index in [1.165, 1.54) is 17.3 Å². The summed E-state index contributed by atoms with van der Waals surface area (Å²) < 4.78 is 0. The smallest absolute Gasteiger partial charge is 0.237 e. The molecule has 0 bridgehead atoms. The minimum atomic E-state index is -0.308. The molecule has 2 amide bonds. The number of nitrogens with one attached hydrogen (secondary N) is 2. The molecule has 0 aliphatic carbocycles. The van der Waals surface area contributed by atoms with Gasteiger partial charge in [0.15, 0.2) is 0 Å². The summed E-state index contributed by atoms with van der Waals surface area (Å²) in [5, 5.41) is 5.37. The van der Waals surface area contributed by atoms with E-state index >= 15 is 0 Å². The fourth-order valence-corrected chi connectivity index (χ4v) is 2.75. The molecule has 0 spiro atoms. The lowest BCUT2D eigenvalue weighted by molar-refractivity contribution is -0.115. The van der Waals surface area contributed by atoms with Gasteiger partial charge in [-0.25, -0.2) is 0 Å². The van der Waals surface area contributed by atoms with Crippen LogP contribution in [0.2, 0.25) is 0 Å². The quantitative estimate of drug-likeness (QED) is 0.801. The van der Waals surface area contributed by atoms with Crippen molar-refractivity contribution in [3.63, 3.8) is 0 Å². The van der Waals surface area contributed by atoms with Crippen LogP contribution in [0.1, 0.15) is 19.4 Å². The first kappa shape index (κ1) is 18.1. The fourth-order valence-electron chi connectivity index (χ4n) is 2.06. The molecule has 1 atom stereocenters. The van der Waals surface area contributed by atoms with E-state index in [1.54, 1.807) is 6.92 Å².